The summed E-state index contributed by atoms with van der Waals surface area (Å²) in [7, 11) is 3.72. The van der Waals surface area contributed by atoms with Crippen LogP contribution in [0.4, 0.5) is 10.5 Å². The Morgan fingerprint density at radius 1 is 1.42 bits per heavy atom. The Bertz CT molecular complexity index is 436. The number of para-hydroxylation sites is 1. The molecule has 0 aliphatic rings. The first kappa shape index (κ1) is 15.8. The zero-order valence-electron chi connectivity index (χ0n) is 11.4. The predicted octanol–water partition coefficient (Wildman–Crippen LogP) is 1.77. The molecular formula is C13H20ClN3O2. The van der Waals surface area contributed by atoms with Crippen molar-refractivity contribution >= 4 is 23.3 Å². The van der Waals surface area contributed by atoms with Crippen molar-refractivity contribution in [1.29, 1.82) is 0 Å². The minimum atomic E-state index is -0.985. The van der Waals surface area contributed by atoms with Gasteiger partial charge < -0.3 is 20.6 Å². The molecule has 0 spiro atoms. The van der Waals surface area contributed by atoms with Gasteiger partial charge in [-0.2, -0.15) is 0 Å². The van der Waals surface area contributed by atoms with Gasteiger partial charge in [0.15, 0.2) is 0 Å². The first-order valence-corrected chi connectivity index (χ1v) is 6.34. The fourth-order valence-electron chi connectivity index (χ4n) is 1.74. The molecule has 0 aromatic heterocycles. The topological polar surface area (TPSA) is 64.6 Å². The van der Waals surface area contributed by atoms with Crippen LogP contribution >= 0.6 is 11.6 Å². The Morgan fingerprint density at radius 3 is 2.63 bits per heavy atom. The van der Waals surface area contributed by atoms with Gasteiger partial charge in [0.05, 0.1) is 16.3 Å². The minimum Gasteiger partial charge on any atom is -0.387 e. The van der Waals surface area contributed by atoms with E-state index in [1.165, 1.54) is 0 Å². The summed E-state index contributed by atoms with van der Waals surface area (Å²) in [5.74, 6) is 0. The lowest BCUT2D eigenvalue weighted by molar-refractivity contribution is 0.0364. The monoisotopic (exact) mass is 285 g/mol. The van der Waals surface area contributed by atoms with Gasteiger partial charge in [-0.15, -0.1) is 0 Å². The van der Waals surface area contributed by atoms with Crippen molar-refractivity contribution in [3.8, 4) is 0 Å². The molecule has 1 aromatic rings. The standard InChI is InChI=1S/C13H20ClN3O2/c1-13(19,9-17(2)3)8-15-12(18)16-11-7-5-4-6-10(11)14/h4-7,19H,8-9H2,1-3H3,(H2,15,16,18). The van der Waals surface area contributed by atoms with E-state index in [4.69, 9.17) is 11.6 Å². The Balaban J connectivity index is 2.46. The highest BCUT2D eigenvalue weighted by Crippen LogP contribution is 2.20. The molecule has 1 atom stereocenters. The van der Waals surface area contributed by atoms with Crippen LogP contribution in [-0.2, 0) is 0 Å². The van der Waals surface area contributed by atoms with Gasteiger partial charge in [0, 0.05) is 13.1 Å². The summed E-state index contributed by atoms with van der Waals surface area (Å²) >= 11 is 5.93. The average molecular weight is 286 g/mol. The third kappa shape index (κ3) is 5.92. The van der Waals surface area contributed by atoms with Gasteiger partial charge in [-0.05, 0) is 33.2 Å². The first-order valence-electron chi connectivity index (χ1n) is 5.97. The third-order valence-electron chi connectivity index (χ3n) is 2.41. The van der Waals surface area contributed by atoms with E-state index in [2.05, 4.69) is 10.6 Å². The number of urea groups is 1. The van der Waals surface area contributed by atoms with E-state index in [9.17, 15) is 9.90 Å². The highest BCUT2D eigenvalue weighted by Gasteiger charge is 2.22. The number of aliphatic hydroxyl groups is 1. The molecule has 1 aromatic carbocycles. The third-order valence-corrected chi connectivity index (χ3v) is 2.74. The lowest BCUT2D eigenvalue weighted by atomic mass is 10.1. The van der Waals surface area contributed by atoms with Crippen molar-refractivity contribution in [2.24, 2.45) is 0 Å². The van der Waals surface area contributed by atoms with Gasteiger partial charge in [0.1, 0.15) is 0 Å². The molecule has 0 saturated heterocycles. The molecule has 0 saturated carbocycles. The van der Waals surface area contributed by atoms with E-state index >= 15 is 0 Å². The molecule has 5 nitrogen and oxygen atoms in total. The number of hydrogen-bond donors (Lipinski definition) is 3. The van der Waals surface area contributed by atoms with Crippen molar-refractivity contribution < 1.29 is 9.90 Å². The van der Waals surface area contributed by atoms with Gasteiger partial charge in [0.2, 0.25) is 0 Å². The first-order chi connectivity index (χ1) is 8.80. The summed E-state index contributed by atoms with van der Waals surface area (Å²) in [6.07, 6.45) is 0. The van der Waals surface area contributed by atoms with E-state index in [1.807, 2.05) is 19.0 Å². The number of anilines is 1. The van der Waals surface area contributed by atoms with Crippen molar-refractivity contribution in [2.75, 3.05) is 32.5 Å². The van der Waals surface area contributed by atoms with Crippen molar-refractivity contribution in [3.63, 3.8) is 0 Å². The van der Waals surface area contributed by atoms with E-state index in [-0.39, 0.29) is 6.54 Å². The normalized spacial score (nSPS) is 14.0. The van der Waals surface area contributed by atoms with Crippen LogP contribution in [0.15, 0.2) is 24.3 Å². The summed E-state index contributed by atoms with van der Waals surface area (Å²) in [6, 6.07) is 6.57. The Morgan fingerprint density at radius 2 is 2.05 bits per heavy atom. The summed E-state index contributed by atoms with van der Waals surface area (Å²) in [5, 5.41) is 15.8. The SMILES string of the molecule is CN(C)CC(C)(O)CNC(=O)Nc1ccccc1Cl. The number of likely N-dealkylation sites (N-methyl/N-ethyl adjacent to an activating group) is 1. The molecule has 0 heterocycles. The van der Waals surface area contributed by atoms with E-state index in [0.29, 0.717) is 17.3 Å². The van der Waals surface area contributed by atoms with Crippen LogP contribution in [0.2, 0.25) is 5.02 Å². The van der Waals surface area contributed by atoms with Crippen molar-refractivity contribution in [1.82, 2.24) is 10.2 Å². The highest BCUT2D eigenvalue weighted by molar-refractivity contribution is 6.33. The van der Waals surface area contributed by atoms with Crippen LogP contribution in [0.25, 0.3) is 0 Å². The molecule has 1 unspecified atom stereocenters. The zero-order chi connectivity index (χ0) is 14.5. The Labute approximate surface area is 118 Å². The van der Waals surface area contributed by atoms with Crippen molar-refractivity contribution in [3.05, 3.63) is 29.3 Å². The predicted molar refractivity (Wildman–Crippen MR) is 77.7 cm³/mol. The van der Waals surface area contributed by atoms with Gasteiger partial charge >= 0.3 is 6.03 Å². The molecule has 0 fully saturated rings. The lowest BCUT2D eigenvalue weighted by Crippen LogP contribution is -2.48. The largest absolute Gasteiger partial charge is 0.387 e. The number of hydrogen-bond acceptors (Lipinski definition) is 3. The Kier molecular flexibility index (Phi) is 5.60. The Hall–Kier alpha value is -1.30. The second-order valence-corrected chi connectivity index (χ2v) is 5.43. The molecular weight excluding hydrogens is 266 g/mol. The van der Waals surface area contributed by atoms with Crippen LogP contribution < -0.4 is 10.6 Å². The quantitative estimate of drug-likeness (QED) is 0.773. The number of carbonyl (C=O) groups is 1. The van der Waals surface area contributed by atoms with Crippen LogP contribution in [0, 0.1) is 0 Å². The fourth-order valence-corrected chi connectivity index (χ4v) is 1.92. The molecule has 3 N–H and O–H groups in total. The highest BCUT2D eigenvalue weighted by atomic mass is 35.5. The number of halogens is 1. The summed E-state index contributed by atoms with van der Waals surface area (Å²) in [5.41, 5.74) is -0.449. The van der Waals surface area contributed by atoms with E-state index in [0.717, 1.165) is 0 Å². The van der Waals surface area contributed by atoms with Gasteiger partial charge in [0.25, 0.3) is 0 Å². The second-order valence-electron chi connectivity index (χ2n) is 5.02. The number of carbonyl (C=O) groups excluding carboxylic acids is 1. The molecule has 0 aliphatic heterocycles. The fraction of sp³-hybridized carbons (Fsp3) is 0.462. The number of benzene rings is 1. The van der Waals surface area contributed by atoms with E-state index in [1.54, 1.807) is 31.2 Å². The minimum absolute atomic E-state index is 0.154. The van der Waals surface area contributed by atoms with Gasteiger partial charge in [-0.3, -0.25) is 0 Å². The molecule has 1 rings (SSSR count). The van der Waals surface area contributed by atoms with Crippen LogP contribution in [-0.4, -0.2) is 48.8 Å². The maximum absolute atomic E-state index is 11.7. The molecule has 19 heavy (non-hydrogen) atoms. The smallest absolute Gasteiger partial charge is 0.319 e. The molecule has 0 bridgehead atoms. The molecule has 106 valence electrons. The number of rotatable bonds is 5. The maximum atomic E-state index is 11.7. The summed E-state index contributed by atoms with van der Waals surface area (Å²) in [6.45, 7) is 2.28. The summed E-state index contributed by atoms with van der Waals surface area (Å²) < 4.78 is 0. The van der Waals surface area contributed by atoms with Gasteiger partial charge in [-0.25, -0.2) is 4.79 Å². The van der Waals surface area contributed by atoms with E-state index < -0.39 is 11.6 Å². The average Bonchev–Trinajstić information content (AvgIpc) is 2.28. The molecule has 0 aliphatic carbocycles. The van der Waals surface area contributed by atoms with Crippen LogP contribution in [0.5, 0.6) is 0 Å². The van der Waals surface area contributed by atoms with Crippen LogP contribution in [0.3, 0.4) is 0 Å². The molecule has 6 heteroatoms. The van der Waals surface area contributed by atoms with Crippen LogP contribution in [0.1, 0.15) is 6.92 Å². The lowest BCUT2D eigenvalue weighted by Gasteiger charge is -2.27. The zero-order valence-corrected chi connectivity index (χ0v) is 12.2. The maximum Gasteiger partial charge on any atom is 0.319 e. The van der Waals surface area contributed by atoms with Crippen molar-refractivity contribution in [2.45, 2.75) is 12.5 Å². The number of nitrogens with zero attached hydrogens (tertiary/aromatic N) is 1. The summed E-state index contributed by atoms with van der Waals surface area (Å²) in [4.78, 5) is 13.5. The number of nitrogens with one attached hydrogen (secondary N) is 2. The molecule has 2 amide bonds. The second kappa shape index (κ2) is 6.75. The number of amides is 2. The molecule has 0 radical (unpaired) electrons. The van der Waals surface area contributed by atoms with Gasteiger partial charge in [-0.1, -0.05) is 23.7 Å².